The van der Waals surface area contributed by atoms with Crippen molar-refractivity contribution in [1.29, 1.82) is 0 Å². The zero-order chi connectivity index (χ0) is 14.9. The molecular weight excluding hydrogens is 264 g/mol. The van der Waals surface area contributed by atoms with Gasteiger partial charge in [-0.1, -0.05) is 37.6 Å². The molecule has 1 aromatic heterocycles. The molecule has 0 radical (unpaired) electrons. The Bertz CT molecular complexity index is 584. The van der Waals surface area contributed by atoms with Crippen molar-refractivity contribution in [2.75, 3.05) is 19.8 Å². The summed E-state index contributed by atoms with van der Waals surface area (Å²) in [6, 6.07) is 11.5. The van der Waals surface area contributed by atoms with Crippen molar-refractivity contribution in [2.24, 2.45) is 0 Å². The normalized spacial score (nSPS) is 10.7. The number of pyridine rings is 1. The molecule has 0 saturated carbocycles. The van der Waals surface area contributed by atoms with Gasteiger partial charge < -0.3 is 10.1 Å². The topological polar surface area (TPSA) is 51.2 Å². The number of benzene rings is 1. The van der Waals surface area contributed by atoms with Crippen LogP contribution >= 0.6 is 0 Å². The van der Waals surface area contributed by atoms with Crippen LogP contribution in [0, 0.1) is 0 Å². The lowest BCUT2D eigenvalue weighted by Gasteiger charge is -2.06. The summed E-state index contributed by atoms with van der Waals surface area (Å²) in [6.07, 6.45) is 3.06. The highest BCUT2D eigenvalue weighted by Crippen LogP contribution is 2.11. The monoisotopic (exact) mass is 286 g/mol. The largest absolute Gasteiger partial charge is 0.381 e. The van der Waals surface area contributed by atoms with Gasteiger partial charge in [0, 0.05) is 25.1 Å². The molecule has 112 valence electrons. The second-order valence-electron chi connectivity index (χ2n) is 4.96. The first-order chi connectivity index (χ1) is 10.3. The minimum absolute atomic E-state index is 0.130. The number of carbonyl (C=O) groups excluding carboxylic acids is 1. The van der Waals surface area contributed by atoms with E-state index in [0.717, 1.165) is 36.8 Å². The molecule has 0 aliphatic rings. The van der Waals surface area contributed by atoms with Crippen LogP contribution in [0.2, 0.25) is 0 Å². The molecule has 0 spiro atoms. The van der Waals surface area contributed by atoms with E-state index in [1.54, 1.807) is 6.07 Å². The Morgan fingerprint density at radius 1 is 1.14 bits per heavy atom. The van der Waals surface area contributed by atoms with Gasteiger partial charge in [-0.3, -0.25) is 4.79 Å². The number of para-hydroxylation sites is 1. The molecule has 1 amide bonds. The first kappa shape index (κ1) is 15.4. The Morgan fingerprint density at radius 3 is 2.81 bits per heavy atom. The van der Waals surface area contributed by atoms with Gasteiger partial charge in [-0.05, 0) is 25.0 Å². The van der Waals surface area contributed by atoms with E-state index >= 15 is 0 Å². The molecule has 1 heterocycles. The maximum absolute atomic E-state index is 12.0. The molecule has 1 N–H and O–H groups in total. The van der Waals surface area contributed by atoms with E-state index in [4.69, 9.17) is 4.74 Å². The summed E-state index contributed by atoms with van der Waals surface area (Å²) in [5.41, 5.74) is 1.30. The molecule has 2 aromatic rings. The highest BCUT2D eigenvalue weighted by molar-refractivity contribution is 5.94. The molecule has 1 aromatic carbocycles. The van der Waals surface area contributed by atoms with Gasteiger partial charge in [0.15, 0.2) is 0 Å². The van der Waals surface area contributed by atoms with Gasteiger partial charge in [0.25, 0.3) is 5.91 Å². The number of amides is 1. The fourth-order valence-corrected chi connectivity index (χ4v) is 2.01. The van der Waals surface area contributed by atoms with Crippen molar-refractivity contribution in [3.63, 3.8) is 0 Å². The van der Waals surface area contributed by atoms with Crippen LogP contribution in [-0.2, 0) is 4.74 Å². The number of rotatable bonds is 8. The number of hydrogen-bond donors (Lipinski definition) is 1. The number of ether oxygens (including phenoxy) is 1. The number of hydrogen-bond acceptors (Lipinski definition) is 3. The third-order valence-corrected chi connectivity index (χ3v) is 3.22. The molecule has 4 nitrogen and oxygen atoms in total. The number of nitrogens with one attached hydrogen (secondary N) is 1. The Morgan fingerprint density at radius 2 is 1.95 bits per heavy atom. The first-order valence-electron chi connectivity index (χ1n) is 7.53. The third kappa shape index (κ3) is 4.83. The number of fused-ring (bicyclic) bond motifs is 1. The SMILES string of the molecule is CCCCOCCCNC(=O)c1ccc2ccccc2n1. The summed E-state index contributed by atoms with van der Waals surface area (Å²) < 4.78 is 5.45. The second kappa shape index (κ2) is 8.37. The Kier molecular flexibility index (Phi) is 6.16. The fourth-order valence-electron chi connectivity index (χ4n) is 2.01. The van der Waals surface area contributed by atoms with Crippen molar-refractivity contribution >= 4 is 16.8 Å². The zero-order valence-electron chi connectivity index (χ0n) is 12.5. The summed E-state index contributed by atoms with van der Waals surface area (Å²) in [6.45, 7) is 4.24. The minimum Gasteiger partial charge on any atom is -0.381 e. The Balaban J connectivity index is 1.77. The van der Waals surface area contributed by atoms with Crippen molar-refractivity contribution in [1.82, 2.24) is 10.3 Å². The maximum atomic E-state index is 12.0. The van der Waals surface area contributed by atoms with Crippen LogP contribution in [0.4, 0.5) is 0 Å². The molecule has 2 rings (SSSR count). The van der Waals surface area contributed by atoms with Gasteiger partial charge in [0.05, 0.1) is 5.52 Å². The maximum Gasteiger partial charge on any atom is 0.269 e. The molecule has 0 saturated heterocycles. The van der Waals surface area contributed by atoms with Crippen LogP contribution in [0.3, 0.4) is 0 Å². The molecule has 4 heteroatoms. The molecule has 0 aliphatic carbocycles. The molecule has 0 aliphatic heterocycles. The van der Waals surface area contributed by atoms with Crippen molar-refractivity contribution in [2.45, 2.75) is 26.2 Å². The summed E-state index contributed by atoms with van der Waals surface area (Å²) in [7, 11) is 0. The lowest BCUT2D eigenvalue weighted by molar-refractivity contribution is 0.0936. The van der Waals surface area contributed by atoms with Gasteiger partial charge in [-0.15, -0.1) is 0 Å². The molecule has 0 bridgehead atoms. The molecule has 0 unspecified atom stereocenters. The smallest absolute Gasteiger partial charge is 0.269 e. The highest BCUT2D eigenvalue weighted by atomic mass is 16.5. The predicted molar refractivity (Wildman–Crippen MR) is 84.4 cm³/mol. The van der Waals surface area contributed by atoms with E-state index in [1.165, 1.54) is 0 Å². The van der Waals surface area contributed by atoms with Gasteiger partial charge in [0.1, 0.15) is 5.69 Å². The summed E-state index contributed by atoms with van der Waals surface area (Å²) in [5.74, 6) is -0.130. The van der Waals surface area contributed by atoms with Crippen LogP contribution in [0.1, 0.15) is 36.7 Å². The van der Waals surface area contributed by atoms with Crippen molar-refractivity contribution in [3.05, 3.63) is 42.1 Å². The quantitative estimate of drug-likeness (QED) is 0.758. The summed E-state index contributed by atoms with van der Waals surface area (Å²) in [5, 5.41) is 3.91. The molecule has 0 atom stereocenters. The Labute approximate surface area is 125 Å². The predicted octanol–water partition coefficient (Wildman–Crippen LogP) is 3.17. The third-order valence-electron chi connectivity index (χ3n) is 3.22. The van der Waals surface area contributed by atoms with Gasteiger partial charge in [-0.25, -0.2) is 4.98 Å². The average molecular weight is 286 g/mol. The van der Waals surface area contributed by atoms with Crippen molar-refractivity contribution in [3.8, 4) is 0 Å². The van der Waals surface area contributed by atoms with E-state index in [1.807, 2.05) is 30.3 Å². The summed E-state index contributed by atoms with van der Waals surface area (Å²) in [4.78, 5) is 16.4. The molecule has 0 fully saturated rings. The Hall–Kier alpha value is -1.94. The number of aromatic nitrogens is 1. The zero-order valence-corrected chi connectivity index (χ0v) is 12.5. The summed E-state index contributed by atoms with van der Waals surface area (Å²) >= 11 is 0. The van der Waals surface area contributed by atoms with Crippen LogP contribution in [-0.4, -0.2) is 30.6 Å². The number of carbonyl (C=O) groups is 1. The van der Waals surface area contributed by atoms with E-state index in [2.05, 4.69) is 17.2 Å². The average Bonchev–Trinajstić information content (AvgIpc) is 2.53. The van der Waals surface area contributed by atoms with E-state index in [0.29, 0.717) is 18.8 Å². The van der Waals surface area contributed by atoms with Crippen LogP contribution in [0.5, 0.6) is 0 Å². The van der Waals surface area contributed by atoms with E-state index in [9.17, 15) is 4.79 Å². The van der Waals surface area contributed by atoms with Gasteiger partial charge in [-0.2, -0.15) is 0 Å². The van der Waals surface area contributed by atoms with Crippen LogP contribution in [0.15, 0.2) is 36.4 Å². The van der Waals surface area contributed by atoms with Crippen molar-refractivity contribution < 1.29 is 9.53 Å². The first-order valence-corrected chi connectivity index (χ1v) is 7.53. The minimum atomic E-state index is -0.130. The van der Waals surface area contributed by atoms with E-state index < -0.39 is 0 Å². The number of nitrogens with zero attached hydrogens (tertiary/aromatic N) is 1. The highest BCUT2D eigenvalue weighted by Gasteiger charge is 2.07. The van der Waals surface area contributed by atoms with Gasteiger partial charge in [0.2, 0.25) is 0 Å². The fraction of sp³-hybridized carbons (Fsp3) is 0.412. The van der Waals surface area contributed by atoms with Gasteiger partial charge >= 0.3 is 0 Å². The molecular formula is C17H22N2O2. The lowest BCUT2D eigenvalue weighted by atomic mass is 10.2. The standard InChI is InChI=1S/C17H22N2O2/c1-2-3-12-21-13-6-11-18-17(20)16-10-9-14-7-4-5-8-15(14)19-16/h4-5,7-10H,2-3,6,11-13H2,1H3,(H,18,20). The van der Waals surface area contributed by atoms with Crippen LogP contribution < -0.4 is 5.32 Å². The lowest BCUT2D eigenvalue weighted by Crippen LogP contribution is -2.26. The van der Waals surface area contributed by atoms with Crippen LogP contribution in [0.25, 0.3) is 10.9 Å². The second-order valence-corrected chi connectivity index (χ2v) is 4.96. The van der Waals surface area contributed by atoms with E-state index in [-0.39, 0.29) is 5.91 Å². The number of unbranched alkanes of at least 4 members (excludes halogenated alkanes) is 1. The molecule has 21 heavy (non-hydrogen) atoms.